The second-order valence-corrected chi connectivity index (χ2v) is 7.60. The van der Waals surface area contributed by atoms with E-state index in [1.165, 1.54) is 58.2 Å². The summed E-state index contributed by atoms with van der Waals surface area (Å²) in [5.74, 6) is 1.15. The quantitative estimate of drug-likeness (QED) is 0.386. The summed E-state index contributed by atoms with van der Waals surface area (Å²) in [6.07, 6.45) is 8.12. The van der Waals surface area contributed by atoms with E-state index in [-0.39, 0.29) is 24.0 Å². The molecule has 0 aromatic heterocycles. The molecule has 6 heteroatoms. The van der Waals surface area contributed by atoms with Gasteiger partial charge in [0.1, 0.15) is 0 Å². The third-order valence-electron chi connectivity index (χ3n) is 6.06. The standard InChI is InChI=1S/C19H37N5.HI/c1-3-20-19(21-15-17-9-5-6-11-22(17)4-2)24-14-10-18(16-24)23-12-7-8-13-23;/h17-18H,3-16H2,1-2H3,(H,20,21);1H. The lowest BCUT2D eigenvalue weighted by Gasteiger charge is -2.34. The van der Waals surface area contributed by atoms with Crippen molar-refractivity contribution < 1.29 is 0 Å². The molecule has 146 valence electrons. The smallest absolute Gasteiger partial charge is 0.194 e. The van der Waals surface area contributed by atoms with Gasteiger partial charge in [0.15, 0.2) is 5.96 Å². The van der Waals surface area contributed by atoms with E-state index in [0.29, 0.717) is 6.04 Å². The molecule has 3 heterocycles. The Morgan fingerprint density at radius 1 is 1.00 bits per heavy atom. The maximum atomic E-state index is 5.05. The number of guanidine groups is 1. The SMILES string of the molecule is CCNC(=NCC1CCCCN1CC)N1CCC(N2CCCC2)C1.I. The van der Waals surface area contributed by atoms with Gasteiger partial charge in [-0.25, -0.2) is 0 Å². The van der Waals surface area contributed by atoms with Gasteiger partial charge in [0, 0.05) is 31.7 Å². The molecule has 0 aromatic carbocycles. The van der Waals surface area contributed by atoms with Gasteiger partial charge in [-0.05, 0) is 65.2 Å². The molecule has 3 saturated heterocycles. The van der Waals surface area contributed by atoms with Gasteiger partial charge < -0.3 is 10.2 Å². The van der Waals surface area contributed by atoms with Crippen LogP contribution in [0, 0.1) is 0 Å². The summed E-state index contributed by atoms with van der Waals surface area (Å²) in [5.41, 5.74) is 0. The van der Waals surface area contributed by atoms with Crippen molar-refractivity contribution in [3.8, 4) is 0 Å². The second-order valence-electron chi connectivity index (χ2n) is 7.60. The summed E-state index contributed by atoms with van der Waals surface area (Å²) in [6.45, 7) is 13.7. The topological polar surface area (TPSA) is 34.1 Å². The van der Waals surface area contributed by atoms with Crippen molar-refractivity contribution in [1.82, 2.24) is 20.0 Å². The summed E-state index contributed by atoms with van der Waals surface area (Å²) in [4.78, 5) is 12.9. The van der Waals surface area contributed by atoms with Crippen molar-refractivity contribution in [3.05, 3.63) is 0 Å². The fourth-order valence-electron chi connectivity index (χ4n) is 4.64. The first-order valence-electron chi connectivity index (χ1n) is 10.3. The molecule has 0 bridgehead atoms. The molecule has 3 fully saturated rings. The minimum absolute atomic E-state index is 0. The molecule has 1 N–H and O–H groups in total. The largest absolute Gasteiger partial charge is 0.357 e. The predicted molar refractivity (Wildman–Crippen MR) is 117 cm³/mol. The Labute approximate surface area is 171 Å². The highest BCUT2D eigenvalue weighted by molar-refractivity contribution is 14.0. The average Bonchev–Trinajstić information content (AvgIpc) is 3.29. The Balaban J connectivity index is 0.00000225. The van der Waals surface area contributed by atoms with Gasteiger partial charge in [-0.1, -0.05) is 13.3 Å². The molecule has 5 nitrogen and oxygen atoms in total. The van der Waals surface area contributed by atoms with Crippen molar-refractivity contribution >= 4 is 29.9 Å². The van der Waals surface area contributed by atoms with Gasteiger partial charge in [0.2, 0.25) is 0 Å². The van der Waals surface area contributed by atoms with Crippen LogP contribution in [0.5, 0.6) is 0 Å². The van der Waals surface area contributed by atoms with Crippen LogP contribution in [0.2, 0.25) is 0 Å². The van der Waals surface area contributed by atoms with Gasteiger partial charge in [0.05, 0.1) is 6.54 Å². The molecule has 0 aliphatic carbocycles. The van der Waals surface area contributed by atoms with Crippen LogP contribution in [-0.4, -0.2) is 85.1 Å². The summed E-state index contributed by atoms with van der Waals surface area (Å²) in [7, 11) is 0. The molecule has 0 radical (unpaired) electrons. The number of hydrogen-bond acceptors (Lipinski definition) is 3. The molecule has 2 unspecified atom stereocenters. The number of likely N-dealkylation sites (N-methyl/N-ethyl adjacent to an activating group) is 1. The normalized spacial score (nSPS) is 29.0. The Hall–Kier alpha value is -0.0800. The van der Waals surface area contributed by atoms with Crippen LogP contribution in [0.3, 0.4) is 0 Å². The first kappa shape index (κ1) is 21.2. The molecule has 0 spiro atoms. The lowest BCUT2D eigenvalue weighted by molar-refractivity contribution is 0.161. The average molecular weight is 463 g/mol. The molecular weight excluding hydrogens is 425 g/mol. The van der Waals surface area contributed by atoms with Gasteiger partial charge in [-0.2, -0.15) is 0 Å². The van der Waals surface area contributed by atoms with Crippen LogP contribution in [0.1, 0.15) is 52.4 Å². The van der Waals surface area contributed by atoms with E-state index < -0.39 is 0 Å². The van der Waals surface area contributed by atoms with E-state index in [2.05, 4.69) is 33.9 Å². The highest BCUT2D eigenvalue weighted by Gasteiger charge is 2.31. The summed E-state index contributed by atoms with van der Waals surface area (Å²) in [6, 6.07) is 1.40. The fourth-order valence-corrected chi connectivity index (χ4v) is 4.64. The van der Waals surface area contributed by atoms with E-state index in [4.69, 9.17) is 4.99 Å². The molecule has 2 atom stereocenters. The molecule has 0 amide bonds. The Kier molecular flexibility index (Phi) is 9.27. The predicted octanol–water partition coefficient (Wildman–Crippen LogP) is 2.61. The van der Waals surface area contributed by atoms with Crippen molar-refractivity contribution in [2.45, 2.75) is 64.5 Å². The Morgan fingerprint density at radius 3 is 2.48 bits per heavy atom. The zero-order valence-electron chi connectivity index (χ0n) is 16.3. The van der Waals surface area contributed by atoms with Gasteiger partial charge in [-0.3, -0.25) is 14.8 Å². The first-order valence-corrected chi connectivity index (χ1v) is 10.3. The Morgan fingerprint density at radius 2 is 1.76 bits per heavy atom. The lowest BCUT2D eigenvalue weighted by Crippen LogP contribution is -2.45. The van der Waals surface area contributed by atoms with E-state index in [1.54, 1.807) is 0 Å². The molecule has 25 heavy (non-hydrogen) atoms. The zero-order chi connectivity index (χ0) is 16.8. The minimum atomic E-state index is 0. The number of likely N-dealkylation sites (tertiary alicyclic amines) is 3. The molecule has 3 aliphatic heterocycles. The number of aliphatic imine (C=N–C) groups is 1. The first-order chi connectivity index (χ1) is 11.8. The summed E-state index contributed by atoms with van der Waals surface area (Å²) < 4.78 is 0. The van der Waals surface area contributed by atoms with Crippen LogP contribution >= 0.6 is 24.0 Å². The number of hydrogen-bond donors (Lipinski definition) is 1. The van der Waals surface area contributed by atoms with E-state index in [9.17, 15) is 0 Å². The number of rotatable bonds is 5. The zero-order valence-corrected chi connectivity index (χ0v) is 18.6. The summed E-state index contributed by atoms with van der Waals surface area (Å²) in [5, 5.41) is 3.55. The van der Waals surface area contributed by atoms with Gasteiger partial charge in [0.25, 0.3) is 0 Å². The van der Waals surface area contributed by atoms with Crippen molar-refractivity contribution in [2.24, 2.45) is 4.99 Å². The number of nitrogens with zero attached hydrogens (tertiary/aromatic N) is 4. The van der Waals surface area contributed by atoms with Gasteiger partial charge in [-0.15, -0.1) is 24.0 Å². The minimum Gasteiger partial charge on any atom is -0.357 e. The van der Waals surface area contributed by atoms with E-state index >= 15 is 0 Å². The third-order valence-corrected chi connectivity index (χ3v) is 6.06. The molecular formula is C19H38IN5. The fraction of sp³-hybridized carbons (Fsp3) is 0.947. The van der Waals surface area contributed by atoms with Crippen molar-refractivity contribution in [1.29, 1.82) is 0 Å². The highest BCUT2D eigenvalue weighted by Crippen LogP contribution is 2.21. The van der Waals surface area contributed by atoms with Crippen molar-refractivity contribution in [2.75, 3.05) is 52.4 Å². The second kappa shape index (κ2) is 10.9. The number of piperidine rings is 1. The van der Waals surface area contributed by atoms with E-state index in [0.717, 1.165) is 44.7 Å². The van der Waals surface area contributed by atoms with Crippen LogP contribution < -0.4 is 5.32 Å². The van der Waals surface area contributed by atoms with E-state index in [1.807, 2.05) is 0 Å². The molecule has 3 aliphatic rings. The van der Waals surface area contributed by atoms with Crippen LogP contribution in [0.4, 0.5) is 0 Å². The molecule has 0 aromatic rings. The molecule has 3 rings (SSSR count). The Bertz CT molecular complexity index is 411. The van der Waals surface area contributed by atoms with Crippen LogP contribution in [0.25, 0.3) is 0 Å². The maximum Gasteiger partial charge on any atom is 0.194 e. The van der Waals surface area contributed by atoms with Crippen molar-refractivity contribution in [3.63, 3.8) is 0 Å². The molecule has 0 saturated carbocycles. The summed E-state index contributed by atoms with van der Waals surface area (Å²) >= 11 is 0. The monoisotopic (exact) mass is 463 g/mol. The highest BCUT2D eigenvalue weighted by atomic mass is 127. The number of halogens is 1. The van der Waals surface area contributed by atoms with Crippen LogP contribution in [0.15, 0.2) is 4.99 Å². The van der Waals surface area contributed by atoms with Gasteiger partial charge >= 0.3 is 0 Å². The third kappa shape index (κ3) is 5.70. The lowest BCUT2D eigenvalue weighted by atomic mass is 10.0. The van der Waals surface area contributed by atoms with Crippen LogP contribution in [-0.2, 0) is 0 Å². The number of nitrogens with one attached hydrogen (secondary N) is 1. The maximum absolute atomic E-state index is 5.05.